The molecule has 0 bridgehead atoms. The minimum atomic E-state index is -0.361. The molecule has 0 aliphatic rings. The molecule has 11 heteroatoms. The summed E-state index contributed by atoms with van der Waals surface area (Å²) >= 11 is 0. The predicted octanol–water partition coefficient (Wildman–Crippen LogP) is 2.87. The Balaban J connectivity index is 1.57. The molecule has 0 fully saturated rings. The summed E-state index contributed by atoms with van der Waals surface area (Å²) in [5.74, 6) is 1.39. The van der Waals surface area contributed by atoms with Gasteiger partial charge in [-0.3, -0.25) is 13.9 Å². The van der Waals surface area contributed by atoms with Crippen LogP contribution in [0.2, 0.25) is 0 Å². The van der Waals surface area contributed by atoms with E-state index in [-0.39, 0.29) is 24.4 Å². The fourth-order valence-electron chi connectivity index (χ4n) is 4.77. The molecule has 3 aromatic heterocycles. The van der Waals surface area contributed by atoms with Crippen molar-refractivity contribution in [1.82, 2.24) is 39.3 Å². The van der Waals surface area contributed by atoms with E-state index >= 15 is 0 Å². The number of hydrogen-bond donors (Lipinski definition) is 1. The molecule has 2 aromatic carbocycles. The van der Waals surface area contributed by atoms with Crippen LogP contribution in [-0.2, 0) is 30.8 Å². The summed E-state index contributed by atoms with van der Waals surface area (Å²) in [6.07, 6.45) is 1.56. The number of aryl methyl sites for hydroxylation is 2. The van der Waals surface area contributed by atoms with E-state index in [0.29, 0.717) is 36.5 Å². The number of methoxy groups -OCH3 is 1. The van der Waals surface area contributed by atoms with Crippen molar-refractivity contribution in [1.29, 1.82) is 0 Å². The Morgan fingerprint density at radius 1 is 0.947 bits per heavy atom. The van der Waals surface area contributed by atoms with E-state index in [4.69, 9.17) is 9.72 Å². The van der Waals surface area contributed by atoms with Crippen molar-refractivity contribution in [2.75, 3.05) is 13.7 Å². The van der Waals surface area contributed by atoms with Gasteiger partial charge in [0, 0.05) is 32.2 Å². The van der Waals surface area contributed by atoms with Gasteiger partial charge in [0.1, 0.15) is 5.82 Å². The van der Waals surface area contributed by atoms with Crippen LogP contribution < -0.4 is 11.2 Å². The SMILES string of the molecule is CCCc1nc2c(c(=O)n(CCOC)c(=O)n2CC)n1Cc1ccc(-c2ccccc2-c2nnn[nH]2)cc1. The third-order valence-corrected chi connectivity index (χ3v) is 6.64. The lowest BCUT2D eigenvalue weighted by Crippen LogP contribution is -2.41. The van der Waals surface area contributed by atoms with Gasteiger partial charge in [-0.15, -0.1) is 5.10 Å². The summed E-state index contributed by atoms with van der Waals surface area (Å²) in [4.78, 5) is 31.4. The minimum absolute atomic E-state index is 0.188. The Labute approximate surface area is 218 Å². The third-order valence-electron chi connectivity index (χ3n) is 6.64. The summed E-state index contributed by atoms with van der Waals surface area (Å²) < 4.78 is 9.93. The number of ether oxygens (including phenoxy) is 1. The normalized spacial score (nSPS) is 11.4. The number of nitrogens with one attached hydrogen (secondary N) is 1. The second kappa shape index (κ2) is 10.9. The molecule has 0 unspecified atom stereocenters. The number of imidazole rings is 1. The highest BCUT2D eigenvalue weighted by molar-refractivity contribution is 5.80. The van der Waals surface area contributed by atoms with E-state index in [0.717, 1.165) is 34.5 Å². The molecule has 196 valence electrons. The topological polar surface area (TPSA) is 126 Å². The van der Waals surface area contributed by atoms with Crippen molar-refractivity contribution in [3.05, 3.63) is 80.8 Å². The molecule has 0 radical (unpaired) electrons. The Hall–Kier alpha value is -4.38. The van der Waals surface area contributed by atoms with Gasteiger partial charge in [0.2, 0.25) is 0 Å². The standard InChI is InChI=1S/C27H30N8O3/c1-4-8-22-28-25-23(26(36)34(15-16-38-3)27(37)33(25)5-2)35(22)17-18-11-13-19(14-12-18)20-9-6-7-10-21(20)24-29-31-32-30-24/h6-7,9-14H,4-5,8,15-17H2,1-3H3,(H,29,30,31,32). The van der Waals surface area contributed by atoms with Gasteiger partial charge in [-0.05, 0) is 40.5 Å². The molecule has 0 aliphatic heterocycles. The predicted molar refractivity (Wildman–Crippen MR) is 144 cm³/mol. The van der Waals surface area contributed by atoms with Crippen molar-refractivity contribution in [2.24, 2.45) is 0 Å². The summed E-state index contributed by atoms with van der Waals surface area (Å²) in [7, 11) is 1.55. The van der Waals surface area contributed by atoms with E-state index in [2.05, 4.69) is 39.7 Å². The van der Waals surface area contributed by atoms with Gasteiger partial charge < -0.3 is 9.30 Å². The molecule has 0 spiro atoms. The molecule has 5 rings (SSSR count). The first-order valence-electron chi connectivity index (χ1n) is 12.7. The smallest absolute Gasteiger partial charge is 0.332 e. The van der Waals surface area contributed by atoms with Crippen LogP contribution in [-0.4, -0.2) is 53.0 Å². The number of hydrogen-bond acceptors (Lipinski definition) is 7. The largest absolute Gasteiger partial charge is 0.383 e. The molecule has 0 amide bonds. The molecule has 11 nitrogen and oxygen atoms in total. The first kappa shape index (κ1) is 25.3. The summed E-state index contributed by atoms with van der Waals surface area (Å²) in [6.45, 7) is 5.29. The maximum atomic E-state index is 13.6. The summed E-state index contributed by atoms with van der Waals surface area (Å²) in [5.41, 5.74) is 4.13. The van der Waals surface area contributed by atoms with Gasteiger partial charge in [-0.1, -0.05) is 55.5 Å². The van der Waals surface area contributed by atoms with Crippen LogP contribution in [0.25, 0.3) is 33.7 Å². The number of aromatic nitrogens is 8. The first-order valence-corrected chi connectivity index (χ1v) is 12.7. The van der Waals surface area contributed by atoms with E-state index < -0.39 is 0 Å². The Kier molecular flexibility index (Phi) is 7.27. The molecule has 0 aliphatic carbocycles. The monoisotopic (exact) mass is 514 g/mol. The molecule has 5 aromatic rings. The quantitative estimate of drug-likeness (QED) is 0.304. The molecule has 0 saturated carbocycles. The number of H-pyrrole nitrogens is 1. The van der Waals surface area contributed by atoms with E-state index in [9.17, 15) is 9.59 Å². The Morgan fingerprint density at radius 2 is 1.71 bits per heavy atom. The van der Waals surface area contributed by atoms with Crippen molar-refractivity contribution in [2.45, 2.75) is 46.3 Å². The zero-order valence-corrected chi connectivity index (χ0v) is 21.7. The number of aromatic amines is 1. The van der Waals surface area contributed by atoms with Crippen molar-refractivity contribution in [3.8, 4) is 22.5 Å². The van der Waals surface area contributed by atoms with Crippen molar-refractivity contribution < 1.29 is 4.74 Å². The molecule has 38 heavy (non-hydrogen) atoms. The number of rotatable bonds is 10. The molecular weight excluding hydrogens is 484 g/mol. The van der Waals surface area contributed by atoms with Crippen molar-refractivity contribution >= 4 is 11.2 Å². The number of nitrogens with zero attached hydrogens (tertiary/aromatic N) is 7. The minimum Gasteiger partial charge on any atom is -0.383 e. The molecule has 3 heterocycles. The van der Waals surface area contributed by atoms with Crippen LogP contribution >= 0.6 is 0 Å². The average molecular weight is 515 g/mol. The van der Waals surface area contributed by atoms with Gasteiger partial charge in [-0.2, -0.15) is 0 Å². The van der Waals surface area contributed by atoms with Gasteiger partial charge in [0.15, 0.2) is 17.0 Å². The highest BCUT2D eigenvalue weighted by atomic mass is 16.5. The Bertz CT molecular complexity index is 1660. The number of benzene rings is 2. The van der Waals surface area contributed by atoms with Gasteiger partial charge in [-0.25, -0.2) is 14.9 Å². The molecule has 1 N–H and O–H groups in total. The maximum Gasteiger partial charge on any atom is 0.332 e. The van der Waals surface area contributed by atoms with Crippen LogP contribution in [0.1, 0.15) is 31.7 Å². The second-order valence-electron chi connectivity index (χ2n) is 9.01. The molecule has 0 saturated heterocycles. The summed E-state index contributed by atoms with van der Waals surface area (Å²) in [5, 5.41) is 14.3. The number of tetrazole rings is 1. The van der Waals surface area contributed by atoms with Gasteiger partial charge in [0.05, 0.1) is 13.2 Å². The van der Waals surface area contributed by atoms with Gasteiger partial charge >= 0.3 is 5.69 Å². The lowest BCUT2D eigenvalue weighted by Gasteiger charge is -2.13. The van der Waals surface area contributed by atoms with E-state index in [1.807, 2.05) is 47.9 Å². The first-order chi connectivity index (χ1) is 18.6. The van der Waals surface area contributed by atoms with Crippen molar-refractivity contribution in [3.63, 3.8) is 0 Å². The highest BCUT2D eigenvalue weighted by Crippen LogP contribution is 2.30. The highest BCUT2D eigenvalue weighted by Gasteiger charge is 2.21. The molecular formula is C27H30N8O3. The van der Waals surface area contributed by atoms with E-state index in [1.165, 1.54) is 4.57 Å². The molecule has 0 atom stereocenters. The Morgan fingerprint density at radius 3 is 2.37 bits per heavy atom. The zero-order valence-electron chi connectivity index (χ0n) is 21.7. The number of fused-ring (bicyclic) bond motifs is 1. The average Bonchev–Trinajstić information content (AvgIpc) is 3.59. The fourth-order valence-corrected chi connectivity index (χ4v) is 4.77. The lowest BCUT2D eigenvalue weighted by atomic mass is 9.98. The maximum absolute atomic E-state index is 13.6. The van der Waals surface area contributed by atoms with Gasteiger partial charge in [0.25, 0.3) is 5.56 Å². The van der Waals surface area contributed by atoms with E-state index in [1.54, 1.807) is 11.7 Å². The van der Waals surface area contributed by atoms with Crippen LogP contribution in [0.4, 0.5) is 0 Å². The van der Waals surface area contributed by atoms with Crippen LogP contribution in [0.15, 0.2) is 58.1 Å². The lowest BCUT2D eigenvalue weighted by molar-refractivity contribution is 0.184. The van der Waals surface area contributed by atoms with Crippen LogP contribution in [0, 0.1) is 0 Å². The summed E-state index contributed by atoms with van der Waals surface area (Å²) in [6, 6.07) is 16.1. The second-order valence-corrected chi connectivity index (χ2v) is 9.01. The third kappa shape index (κ3) is 4.56. The zero-order chi connectivity index (χ0) is 26.6. The van der Waals surface area contributed by atoms with Crippen LogP contribution in [0.5, 0.6) is 0 Å². The van der Waals surface area contributed by atoms with Crippen LogP contribution in [0.3, 0.4) is 0 Å². The fraction of sp³-hybridized carbons (Fsp3) is 0.333.